The van der Waals surface area contributed by atoms with E-state index in [1.165, 1.54) is 25.7 Å². The van der Waals surface area contributed by atoms with Crippen LogP contribution < -0.4 is 5.73 Å². The molecule has 0 aliphatic heterocycles. The molecule has 2 unspecified atom stereocenters. The van der Waals surface area contributed by atoms with Gasteiger partial charge in [-0.25, -0.2) is 0 Å². The Labute approximate surface area is 121 Å². The molecule has 1 aliphatic rings. The second-order valence-corrected chi connectivity index (χ2v) is 6.13. The van der Waals surface area contributed by atoms with Crippen molar-refractivity contribution in [2.75, 3.05) is 6.54 Å². The van der Waals surface area contributed by atoms with Crippen LogP contribution in [0.15, 0.2) is 24.3 Å². The molecule has 1 saturated carbocycles. The predicted molar refractivity (Wildman–Crippen MR) is 80.4 cm³/mol. The summed E-state index contributed by atoms with van der Waals surface area (Å²) in [4.78, 5) is 0. The summed E-state index contributed by atoms with van der Waals surface area (Å²) in [5.41, 5.74) is 6.92. The zero-order chi connectivity index (χ0) is 13.7. The number of hydrogen-bond donors (Lipinski definition) is 2. The van der Waals surface area contributed by atoms with Crippen molar-refractivity contribution in [3.05, 3.63) is 34.9 Å². The van der Waals surface area contributed by atoms with Gasteiger partial charge in [-0.15, -0.1) is 0 Å². The average molecular weight is 282 g/mol. The predicted octanol–water partition coefficient (Wildman–Crippen LogP) is 3.71. The van der Waals surface area contributed by atoms with Crippen molar-refractivity contribution in [2.45, 2.75) is 50.5 Å². The second kappa shape index (κ2) is 7.28. The van der Waals surface area contributed by atoms with Crippen LogP contribution in [0, 0.1) is 5.92 Å². The van der Waals surface area contributed by atoms with Gasteiger partial charge in [0.1, 0.15) is 0 Å². The average Bonchev–Trinajstić information content (AvgIpc) is 2.92. The van der Waals surface area contributed by atoms with Crippen LogP contribution in [0.1, 0.15) is 50.0 Å². The van der Waals surface area contributed by atoms with Crippen LogP contribution in [0.3, 0.4) is 0 Å². The summed E-state index contributed by atoms with van der Waals surface area (Å²) in [5, 5.41) is 11.1. The second-order valence-electron chi connectivity index (χ2n) is 5.69. The van der Waals surface area contributed by atoms with E-state index in [0.717, 1.165) is 29.3 Å². The summed E-state index contributed by atoms with van der Waals surface area (Å²) in [6, 6.07) is 7.67. The van der Waals surface area contributed by atoms with Gasteiger partial charge in [0, 0.05) is 17.5 Å². The normalized spacial score (nSPS) is 19.5. The lowest BCUT2D eigenvalue weighted by Crippen LogP contribution is -2.26. The third kappa shape index (κ3) is 4.20. The molecule has 0 saturated heterocycles. The number of nitrogens with two attached hydrogens (primary N) is 1. The summed E-state index contributed by atoms with van der Waals surface area (Å²) in [7, 11) is 0. The molecule has 0 amide bonds. The molecule has 1 aromatic rings. The number of benzene rings is 1. The van der Waals surface area contributed by atoms with Gasteiger partial charge in [0.05, 0.1) is 6.10 Å². The van der Waals surface area contributed by atoms with E-state index in [0.29, 0.717) is 6.54 Å². The molecule has 19 heavy (non-hydrogen) atoms. The van der Waals surface area contributed by atoms with Crippen LogP contribution in [0.25, 0.3) is 0 Å². The Morgan fingerprint density at radius 1 is 1.21 bits per heavy atom. The molecule has 2 rings (SSSR count). The van der Waals surface area contributed by atoms with E-state index in [9.17, 15) is 5.11 Å². The van der Waals surface area contributed by atoms with Crippen molar-refractivity contribution < 1.29 is 5.11 Å². The lowest BCUT2D eigenvalue weighted by atomic mass is 9.88. The third-order valence-corrected chi connectivity index (χ3v) is 4.61. The Bertz CT molecular complexity index is 373. The third-order valence-electron chi connectivity index (χ3n) is 4.36. The zero-order valence-electron chi connectivity index (χ0n) is 11.4. The summed E-state index contributed by atoms with van der Waals surface area (Å²) in [5.74, 6) is 0.844. The molecule has 3 N–H and O–H groups in total. The first-order valence-corrected chi connectivity index (χ1v) is 7.72. The quantitative estimate of drug-likeness (QED) is 0.835. The highest BCUT2D eigenvalue weighted by Gasteiger charge is 2.22. The molecule has 0 aromatic heterocycles. The first kappa shape index (κ1) is 14.8. The fraction of sp³-hybridized carbons (Fsp3) is 0.625. The number of aliphatic hydroxyl groups excluding tert-OH is 1. The van der Waals surface area contributed by atoms with Crippen molar-refractivity contribution in [3.8, 4) is 0 Å². The molecule has 0 radical (unpaired) electrons. The summed E-state index contributed by atoms with van der Waals surface area (Å²) >= 11 is 5.89. The highest BCUT2D eigenvalue weighted by molar-refractivity contribution is 6.30. The first-order chi connectivity index (χ1) is 9.20. The maximum Gasteiger partial charge on any atom is 0.0621 e. The Morgan fingerprint density at radius 2 is 1.84 bits per heavy atom. The Balaban J connectivity index is 1.90. The van der Waals surface area contributed by atoms with Crippen LogP contribution in [0.4, 0.5) is 0 Å². The van der Waals surface area contributed by atoms with Crippen LogP contribution in [0.2, 0.25) is 5.02 Å². The Kier molecular flexibility index (Phi) is 5.68. The highest BCUT2D eigenvalue weighted by atomic mass is 35.5. The van der Waals surface area contributed by atoms with Gasteiger partial charge in [0.25, 0.3) is 0 Å². The maximum absolute atomic E-state index is 10.4. The Hall–Kier alpha value is -0.570. The molecule has 3 heteroatoms. The summed E-state index contributed by atoms with van der Waals surface area (Å²) in [6.45, 7) is 0.480. The van der Waals surface area contributed by atoms with Gasteiger partial charge in [0.15, 0.2) is 0 Å². The fourth-order valence-corrected chi connectivity index (χ4v) is 3.26. The van der Waals surface area contributed by atoms with Gasteiger partial charge in [-0.3, -0.25) is 0 Å². The molecule has 0 bridgehead atoms. The fourth-order valence-electron chi connectivity index (χ4n) is 3.13. The van der Waals surface area contributed by atoms with Gasteiger partial charge in [-0.1, -0.05) is 49.4 Å². The zero-order valence-corrected chi connectivity index (χ0v) is 12.1. The van der Waals surface area contributed by atoms with E-state index in [2.05, 4.69) is 0 Å². The molecule has 0 heterocycles. The minimum Gasteiger partial charge on any atom is -0.392 e. The van der Waals surface area contributed by atoms with Gasteiger partial charge in [-0.2, -0.15) is 0 Å². The van der Waals surface area contributed by atoms with E-state index in [1.807, 2.05) is 24.3 Å². The highest BCUT2D eigenvalue weighted by Crippen LogP contribution is 2.31. The van der Waals surface area contributed by atoms with Gasteiger partial charge >= 0.3 is 0 Å². The largest absolute Gasteiger partial charge is 0.392 e. The summed E-state index contributed by atoms with van der Waals surface area (Å²) in [6.07, 6.45) is 7.03. The molecule has 1 aliphatic carbocycles. The smallest absolute Gasteiger partial charge is 0.0621 e. The molecular formula is C16H24ClNO. The van der Waals surface area contributed by atoms with Crippen LogP contribution >= 0.6 is 11.6 Å². The molecule has 1 aromatic carbocycles. The molecule has 0 spiro atoms. The van der Waals surface area contributed by atoms with Crippen LogP contribution in [-0.4, -0.2) is 17.8 Å². The van der Waals surface area contributed by atoms with Crippen LogP contribution in [0.5, 0.6) is 0 Å². The van der Waals surface area contributed by atoms with E-state index in [1.54, 1.807) is 0 Å². The van der Waals surface area contributed by atoms with Gasteiger partial charge in [-0.05, 0) is 36.5 Å². The first-order valence-electron chi connectivity index (χ1n) is 7.34. The molecule has 106 valence electrons. The monoisotopic (exact) mass is 281 g/mol. The van der Waals surface area contributed by atoms with Crippen molar-refractivity contribution in [1.29, 1.82) is 0 Å². The van der Waals surface area contributed by atoms with Crippen LogP contribution in [-0.2, 0) is 0 Å². The topological polar surface area (TPSA) is 46.2 Å². The van der Waals surface area contributed by atoms with Crippen molar-refractivity contribution in [3.63, 3.8) is 0 Å². The number of hydrogen-bond acceptors (Lipinski definition) is 2. The minimum absolute atomic E-state index is 0.0265. The van der Waals surface area contributed by atoms with E-state index < -0.39 is 0 Å². The summed E-state index contributed by atoms with van der Waals surface area (Å²) < 4.78 is 0. The number of halogens is 1. The van der Waals surface area contributed by atoms with Crippen molar-refractivity contribution >= 4 is 11.6 Å². The molecule has 1 fully saturated rings. The van der Waals surface area contributed by atoms with E-state index in [4.69, 9.17) is 17.3 Å². The standard InChI is InChI=1S/C16H24ClNO/c17-14-8-6-13(7-9-14)15(11-18)16(19)10-5-12-3-1-2-4-12/h6-9,12,15-16,19H,1-5,10-11,18H2. The van der Waals surface area contributed by atoms with E-state index in [-0.39, 0.29) is 12.0 Å². The van der Waals surface area contributed by atoms with Crippen molar-refractivity contribution in [1.82, 2.24) is 0 Å². The SMILES string of the molecule is NCC(c1ccc(Cl)cc1)C(O)CCC1CCCC1. The minimum atomic E-state index is -0.341. The Morgan fingerprint density at radius 3 is 2.42 bits per heavy atom. The lowest BCUT2D eigenvalue weighted by molar-refractivity contribution is 0.127. The van der Waals surface area contributed by atoms with E-state index >= 15 is 0 Å². The molecular weight excluding hydrogens is 258 g/mol. The molecule has 2 atom stereocenters. The number of aliphatic hydroxyl groups is 1. The maximum atomic E-state index is 10.4. The van der Waals surface area contributed by atoms with Gasteiger partial charge < -0.3 is 10.8 Å². The molecule has 2 nitrogen and oxygen atoms in total. The number of rotatable bonds is 6. The van der Waals surface area contributed by atoms with Crippen molar-refractivity contribution in [2.24, 2.45) is 11.7 Å². The lowest BCUT2D eigenvalue weighted by Gasteiger charge is -2.23. The van der Waals surface area contributed by atoms with Gasteiger partial charge in [0.2, 0.25) is 0 Å².